The van der Waals surface area contributed by atoms with Crippen LogP contribution in [0.3, 0.4) is 0 Å². The summed E-state index contributed by atoms with van der Waals surface area (Å²) in [7, 11) is 0. The molecule has 0 spiro atoms. The van der Waals surface area contributed by atoms with Gasteiger partial charge in [-0.3, -0.25) is 4.79 Å². The van der Waals surface area contributed by atoms with Gasteiger partial charge in [0, 0.05) is 22.3 Å². The van der Waals surface area contributed by atoms with Gasteiger partial charge in [0.05, 0.1) is 17.1 Å². The second-order valence-corrected chi connectivity index (χ2v) is 8.67. The summed E-state index contributed by atoms with van der Waals surface area (Å²) in [6.07, 6.45) is 1.71. The van der Waals surface area contributed by atoms with Crippen LogP contribution in [0.15, 0.2) is 51.3 Å². The molecule has 0 fully saturated rings. The fraction of sp³-hybridized carbons (Fsp3) is 0.211. The maximum absolute atomic E-state index is 12.9. The summed E-state index contributed by atoms with van der Waals surface area (Å²) < 4.78 is 2.71. The van der Waals surface area contributed by atoms with Crippen LogP contribution in [0.4, 0.5) is 5.69 Å². The number of anilines is 1. The van der Waals surface area contributed by atoms with Crippen LogP contribution in [0.5, 0.6) is 0 Å². The van der Waals surface area contributed by atoms with Crippen molar-refractivity contribution in [1.82, 2.24) is 25.0 Å². The number of benzene rings is 1. The van der Waals surface area contributed by atoms with Crippen molar-refractivity contribution in [3.63, 3.8) is 0 Å². The first kappa shape index (κ1) is 18.6. The lowest BCUT2D eigenvalue weighted by Crippen LogP contribution is -2.13. The highest BCUT2D eigenvalue weighted by molar-refractivity contribution is 8.01. The third-order valence-corrected chi connectivity index (χ3v) is 5.87. The molecule has 3 heterocycles. The Morgan fingerprint density at radius 2 is 2.04 bits per heavy atom. The van der Waals surface area contributed by atoms with E-state index in [0.29, 0.717) is 5.56 Å². The normalized spacial score (nSPS) is 11.3. The topological polar surface area (TPSA) is 85.6 Å². The highest BCUT2D eigenvalue weighted by atomic mass is 32.2. The molecule has 0 radical (unpaired) electrons. The first-order valence-electron chi connectivity index (χ1n) is 8.71. The largest absolute Gasteiger partial charge is 0.322 e. The molecule has 4 aromatic rings. The van der Waals surface area contributed by atoms with Gasteiger partial charge in [-0.05, 0) is 51.1 Å². The van der Waals surface area contributed by atoms with Gasteiger partial charge in [-0.15, -0.1) is 10.2 Å². The summed E-state index contributed by atoms with van der Waals surface area (Å²) in [5.41, 5.74) is 4.51. The number of nitrogens with zero attached hydrogens (tertiary/aromatic N) is 5. The molecule has 4 rings (SSSR count). The lowest BCUT2D eigenvalue weighted by molar-refractivity contribution is 0.102. The highest BCUT2D eigenvalue weighted by Gasteiger charge is 2.17. The molecule has 0 aliphatic rings. The zero-order valence-electron chi connectivity index (χ0n) is 15.6. The standard InChI is InChI=1S/C19H18N6OS2/c1-11(2)25-17-16(9-21-25)15(8-12(3)22-17)18(26)23-13-4-6-14(7-5-13)28-19-24-20-10-27-19/h4-11H,1-3H3,(H,23,26). The van der Waals surface area contributed by atoms with E-state index in [1.807, 2.05) is 49.7 Å². The Morgan fingerprint density at radius 1 is 1.25 bits per heavy atom. The zero-order valence-corrected chi connectivity index (χ0v) is 17.2. The number of carbonyl (C=O) groups is 1. The first-order chi connectivity index (χ1) is 13.5. The molecule has 0 atom stereocenters. The van der Waals surface area contributed by atoms with Crippen molar-refractivity contribution < 1.29 is 4.79 Å². The average Bonchev–Trinajstić information content (AvgIpc) is 3.32. The molecular formula is C19H18N6OS2. The highest BCUT2D eigenvalue weighted by Crippen LogP contribution is 2.29. The van der Waals surface area contributed by atoms with E-state index in [4.69, 9.17) is 0 Å². The molecule has 1 amide bonds. The third-order valence-electron chi connectivity index (χ3n) is 4.09. The van der Waals surface area contributed by atoms with Gasteiger partial charge < -0.3 is 5.32 Å². The number of carbonyl (C=O) groups excluding carboxylic acids is 1. The Labute approximate surface area is 170 Å². The van der Waals surface area contributed by atoms with Crippen LogP contribution in [-0.4, -0.2) is 30.9 Å². The van der Waals surface area contributed by atoms with Gasteiger partial charge in [0.25, 0.3) is 5.91 Å². The van der Waals surface area contributed by atoms with Gasteiger partial charge in [0.15, 0.2) is 9.99 Å². The molecule has 0 aliphatic heterocycles. The first-order valence-corrected chi connectivity index (χ1v) is 10.4. The van der Waals surface area contributed by atoms with Gasteiger partial charge in [-0.1, -0.05) is 23.1 Å². The van der Waals surface area contributed by atoms with Crippen molar-refractivity contribution in [3.8, 4) is 0 Å². The van der Waals surface area contributed by atoms with Crippen molar-refractivity contribution in [3.05, 3.63) is 53.3 Å². The Hall–Kier alpha value is -2.78. The molecule has 0 bridgehead atoms. The second kappa shape index (κ2) is 7.69. The van der Waals surface area contributed by atoms with Crippen LogP contribution in [0, 0.1) is 6.92 Å². The predicted octanol–water partition coefficient (Wildman–Crippen LogP) is 4.58. The van der Waals surface area contributed by atoms with E-state index in [9.17, 15) is 4.79 Å². The van der Waals surface area contributed by atoms with Gasteiger partial charge in [-0.25, -0.2) is 9.67 Å². The van der Waals surface area contributed by atoms with Crippen molar-refractivity contribution in [2.45, 2.75) is 36.0 Å². The van der Waals surface area contributed by atoms with Crippen molar-refractivity contribution in [1.29, 1.82) is 0 Å². The Bertz CT molecular complexity index is 1120. The Kier molecular flexibility index (Phi) is 5.10. The van der Waals surface area contributed by atoms with Crippen LogP contribution in [0.1, 0.15) is 35.9 Å². The van der Waals surface area contributed by atoms with Crippen molar-refractivity contribution in [2.24, 2.45) is 0 Å². The minimum absolute atomic E-state index is 0.167. The molecule has 3 aromatic heterocycles. The van der Waals surface area contributed by atoms with Gasteiger partial charge >= 0.3 is 0 Å². The third kappa shape index (κ3) is 3.76. The quantitative estimate of drug-likeness (QED) is 0.518. The lowest BCUT2D eigenvalue weighted by atomic mass is 10.1. The Balaban J connectivity index is 1.57. The predicted molar refractivity (Wildman–Crippen MR) is 111 cm³/mol. The van der Waals surface area contributed by atoms with Crippen molar-refractivity contribution in [2.75, 3.05) is 5.32 Å². The number of aromatic nitrogens is 5. The fourth-order valence-electron chi connectivity index (χ4n) is 2.82. The fourth-order valence-corrected chi connectivity index (χ4v) is 4.27. The summed E-state index contributed by atoms with van der Waals surface area (Å²) in [6, 6.07) is 9.62. The molecular weight excluding hydrogens is 392 g/mol. The summed E-state index contributed by atoms with van der Waals surface area (Å²) in [5.74, 6) is -0.177. The zero-order chi connectivity index (χ0) is 19.7. The minimum atomic E-state index is -0.177. The maximum atomic E-state index is 12.9. The molecule has 1 aromatic carbocycles. The van der Waals surface area contributed by atoms with E-state index in [2.05, 4.69) is 25.6 Å². The number of hydrogen-bond acceptors (Lipinski definition) is 7. The van der Waals surface area contributed by atoms with Crippen LogP contribution in [0.2, 0.25) is 0 Å². The second-order valence-electron chi connectivity index (χ2n) is 6.52. The van der Waals surface area contributed by atoms with E-state index in [1.54, 1.807) is 29.5 Å². The summed E-state index contributed by atoms with van der Waals surface area (Å²) in [4.78, 5) is 18.5. The molecule has 0 saturated heterocycles. The minimum Gasteiger partial charge on any atom is -0.322 e. The van der Waals surface area contributed by atoms with E-state index in [0.717, 1.165) is 31.6 Å². The van der Waals surface area contributed by atoms with Crippen LogP contribution >= 0.6 is 23.1 Å². The van der Waals surface area contributed by atoms with E-state index >= 15 is 0 Å². The SMILES string of the molecule is Cc1cc(C(=O)Nc2ccc(Sc3nncs3)cc2)c2cnn(C(C)C)c2n1. The monoisotopic (exact) mass is 410 g/mol. The van der Waals surface area contributed by atoms with E-state index in [-0.39, 0.29) is 11.9 Å². The number of amides is 1. The summed E-state index contributed by atoms with van der Waals surface area (Å²) in [5, 5.41) is 16.0. The number of nitrogens with one attached hydrogen (secondary N) is 1. The van der Waals surface area contributed by atoms with Gasteiger partial charge in [-0.2, -0.15) is 5.10 Å². The number of hydrogen-bond donors (Lipinski definition) is 1. The Morgan fingerprint density at radius 3 is 2.71 bits per heavy atom. The molecule has 7 nitrogen and oxygen atoms in total. The lowest BCUT2D eigenvalue weighted by Gasteiger charge is -2.10. The summed E-state index contributed by atoms with van der Waals surface area (Å²) in [6.45, 7) is 5.96. The average molecular weight is 411 g/mol. The van der Waals surface area contributed by atoms with Crippen LogP contribution in [0.25, 0.3) is 11.0 Å². The van der Waals surface area contributed by atoms with Gasteiger partial charge in [0.1, 0.15) is 5.51 Å². The van der Waals surface area contributed by atoms with Gasteiger partial charge in [0.2, 0.25) is 0 Å². The number of aryl methyl sites for hydroxylation is 1. The number of pyridine rings is 1. The number of fused-ring (bicyclic) bond motifs is 1. The molecule has 0 unspecified atom stereocenters. The molecule has 0 aliphatic carbocycles. The number of rotatable bonds is 5. The molecule has 142 valence electrons. The molecule has 9 heteroatoms. The maximum Gasteiger partial charge on any atom is 0.256 e. The van der Waals surface area contributed by atoms with Crippen LogP contribution < -0.4 is 5.32 Å². The van der Waals surface area contributed by atoms with E-state index in [1.165, 1.54) is 11.3 Å². The van der Waals surface area contributed by atoms with Crippen molar-refractivity contribution >= 4 is 45.7 Å². The molecule has 28 heavy (non-hydrogen) atoms. The van der Waals surface area contributed by atoms with E-state index < -0.39 is 0 Å². The summed E-state index contributed by atoms with van der Waals surface area (Å²) >= 11 is 3.03. The molecule has 0 saturated carbocycles. The smallest absolute Gasteiger partial charge is 0.256 e. The molecule has 1 N–H and O–H groups in total. The van der Waals surface area contributed by atoms with Crippen LogP contribution in [-0.2, 0) is 0 Å².